The molecule has 0 fully saturated rings. The fourth-order valence-corrected chi connectivity index (χ4v) is 6.54. The molecule has 0 atom stereocenters. The lowest BCUT2D eigenvalue weighted by Gasteiger charge is -2.20. The molecule has 0 heterocycles. The van der Waals surface area contributed by atoms with Gasteiger partial charge in [-0.3, -0.25) is 14.4 Å². The van der Waals surface area contributed by atoms with Gasteiger partial charge in [0.1, 0.15) is 13.2 Å². The zero-order valence-corrected chi connectivity index (χ0v) is 36.0. The van der Waals surface area contributed by atoms with Crippen molar-refractivity contribution in [3.05, 3.63) is 24.3 Å². The number of hydrogen-bond donors (Lipinski definition) is 0. The van der Waals surface area contributed by atoms with E-state index in [0.717, 1.165) is 71.0 Å². The number of carbonyl (C=O) groups excluding carboxylic acids is 3. The highest BCUT2D eigenvalue weighted by Crippen LogP contribution is 2.13. The molecule has 0 aliphatic heterocycles. The lowest BCUT2D eigenvalue weighted by molar-refractivity contribution is -0.167. The smallest absolute Gasteiger partial charge is 0.306 e. The molecular formula is C47H87NO6. The molecule has 0 rings (SSSR count). The monoisotopic (exact) mass is 762 g/mol. The Hall–Kier alpha value is -2.15. The van der Waals surface area contributed by atoms with E-state index in [9.17, 15) is 14.4 Å². The molecule has 0 saturated heterocycles. The lowest BCUT2D eigenvalue weighted by atomic mass is 10.1. The van der Waals surface area contributed by atoms with Gasteiger partial charge in [0.2, 0.25) is 0 Å². The van der Waals surface area contributed by atoms with Crippen molar-refractivity contribution in [1.29, 1.82) is 0 Å². The van der Waals surface area contributed by atoms with E-state index in [1.807, 2.05) is 0 Å². The number of allylic oxidation sites excluding steroid dienone is 4. The van der Waals surface area contributed by atoms with Crippen molar-refractivity contribution < 1.29 is 28.6 Å². The molecule has 0 aromatic carbocycles. The number of unbranched alkanes of at least 4 members (excludes halogenated alkanes) is 22. The van der Waals surface area contributed by atoms with Crippen LogP contribution >= 0.6 is 0 Å². The van der Waals surface area contributed by atoms with Gasteiger partial charge in [-0.2, -0.15) is 0 Å². The molecule has 0 spiro atoms. The summed E-state index contributed by atoms with van der Waals surface area (Å²) in [7, 11) is 0. The van der Waals surface area contributed by atoms with Crippen molar-refractivity contribution in [2.24, 2.45) is 0 Å². The van der Waals surface area contributed by atoms with Crippen molar-refractivity contribution >= 4 is 17.9 Å². The summed E-state index contributed by atoms with van der Waals surface area (Å²) in [6, 6.07) is 0. The fraction of sp³-hybridized carbons (Fsp3) is 0.851. The zero-order chi connectivity index (χ0) is 39.6. The number of rotatable bonds is 41. The highest BCUT2D eigenvalue weighted by Gasteiger charge is 2.19. The summed E-state index contributed by atoms with van der Waals surface area (Å²) >= 11 is 0. The van der Waals surface area contributed by atoms with Gasteiger partial charge in [0.15, 0.2) is 6.10 Å². The molecule has 0 bridgehead atoms. The van der Waals surface area contributed by atoms with Crippen molar-refractivity contribution in [2.75, 3.05) is 32.8 Å². The first-order valence-electron chi connectivity index (χ1n) is 23.0. The van der Waals surface area contributed by atoms with Crippen LogP contribution in [0.25, 0.3) is 0 Å². The third-order valence-electron chi connectivity index (χ3n) is 10.2. The van der Waals surface area contributed by atoms with Crippen LogP contribution in [-0.2, 0) is 28.6 Å². The van der Waals surface area contributed by atoms with Crippen LogP contribution in [0.4, 0.5) is 0 Å². The molecule has 7 nitrogen and oxygen atoms in total. The van der Waals surface area contributed by atoms with E-state index in [1.54, 1.807) is 0 Å². The van der Waals surface area contributed by atoms with Gasteiger partial charge in [-0.1, -0.05) is 155 Å². The minimum Gasteiger partial charge on any atom is -0.462 e. The highest BCUT2D eigenvalue weighted by molar-refractivity contribution is 5.71. The summed E-state index contributed by atoms with van der Waals surface area (Å²) in [6.07, 6.45) is 41.5. The second-order valence-corrected chi connectivity index (χ2v) is 15.3. The van der Waals surface area contributed by atoms with Gasteiger partial charge >= 0.3 is 17.9 Å². The number of ether oxygens (including phenoxy) is 3. The summed E-state index contributed by atoms with van der Waals surface area (Å²) in [6.45, 7) is 11.2. The second-order valence-electron chi connectivity index (χ2n) is 15.3. The topological polar surface area (TPSA) is 82.1 Å². The minimum atomic E-state index is -0.790. The van der Waals surface area contributed by atoms with Crippen LogP contribution in [0.15, 0.2) is 24.3 Å². The molecule has 0 aliphatic rings. The minimum absolute atomic E-state index is 0.0909. The van der Waals surface area contributed by atoms with E-state index in [1.165, 1.54) is 116 Å². The molecule has 0 aromatic heterocycles. The zero-order valence-electron chi connectivity index (χ0n) is 36.0. The van der Waals surface area contributed by atoms with Gasteiger partial charge in [0.25, 0.3) is 0 Å². The Morgan fingerprint density at radius 2 is 0.759 bits per heavy atom. The van der Waals surface area contributed by atoms with Crippen LogP contribution in [0.1, 0.15) is 220 Å². The third kappa shape index (κ3) is 38.1. The Balaban J connectivity index is 4.27. The van der Waals surface area contributed by atoms with Crippen molar-refractivity contribution in [3.63, 3.8) is 0 Å². The van der Waals surface area contributed by atoms with Gasteiger partial charge in [0, 0.05) is 19.3 Å². The second kappa shape index (κ2) is 42.0. The maximum atomic E-state index is 12.6. The van der Waals surface area contributed by atoms with Crippen molar-refractivity contribution in [2.45, 2.75) is 226 Å². The molecule has 0 N–H and O–H groups in total. The SMILES string of the molecule is CCCCCCCC/C=C\CCCCCCCC(=O)OCC(COC(=O)CCCCCCC/C=C\CCCCCCCC)OC(=O)CCCN(CC)CC. The number of esters is 3. The molecule has 0 unspecified atom stereocenters. The van der Waals surface area contributed by atoms with E-state index in [-0.39, 0.29) is 37.5 Å². The quantitative estimate of drug-likeness (QED) is 0.0265. The maximum Gasteiger partial charge on any atom is 0.306 e. The highest BCUT2D eigenvalue weighted by atomic mass is 16.6. The van der Waals surface area contributed by atoms with Gasteiger partial charge in [-0.25, -0.2) is 0 Å². The van der Waals surface area contributed by atoms with Gasteiger partial charge in [-0.15, -0.1) is 0 Å². The van der Waals surface area contributed by atoms with Crippen LogP contribution in [-0.4, -0.2) is 61.8 Å². The predicted molar refractivity (Wildman–Crippen MR) is 228 cm³/mol. The average Bonchev–Trinajstić information content (AvgIpc) is 3.17. The first kappa shape index (κ1) is 51.9. The van der Waals surface area contributed by atoms with E-state index in [0.29, 0.717) is 19.3 Å². The summed E-state index contributed by atoms with van der Waals surface area (Å²) in [4.78, 5) is 39.9. The molecule has 0 aromatic rings. The normalized spacial score (nSPS) is 11.7. The van der Waals surface area contributed by atoms with Crippen LogP contribution in [0.3, 0.4) is 0 Å². The summed E-state index contributed by atoms with van der Waals surface area (Å²) in [5, 5.41) is 0. The number of nitrogens with zero attached hydrogens (tertiary/aromatic N) is 1. The first-order chi connectivity index (χ1) is 26.5. The summed E-state index contributed by atoms with van der Waals surface area (Å²) in [5.41, 5.74) is 0. The predicted octanol–water partition coefficient (Wildman–Crippen LogP) is 13.2. The Labute approximate surface area is 334 Å². The first-order valence-corrected chi connectivity index (χ1v) is 23.0. The molecule has 0 saturated carbocycles. The molecule has 54 heavy (non-hydrogen) atoms. The van der Waals surface area contributed by atoms with Crippen molar-refractivity contribution in [3.8, 4) is 0 Å². The van der Waals surface area contributed by atoms with Crippen molar-refractivity contribution in [1.82, 2.24) is 4.90 Å². The lowest BCUT2D eigenvalue weighted by Crippen LogP contribution is -2.31. The fourth-order valence-electron chi connectivity index (χ4n) is 6.54. The van der Waals surface area contributed by atoms with E-state index >= 15 is 0 Å². The third-order valence-corrected chi connectivity index (χ3v) is 10.2. The Morgan fingerprint density at radius 1 is 0.426 bits per heavy atom. The van der Waals surface area contributed by atoms with Crippen LogP contribution in [0, 0.1) is 0 Å². The Kier molecular flexibility index (Phi) is 40.3. The molecule has 0 aliphatic carbocycles. The number of carbonyl (C=O) groups is 3. The molecule has 0 amide bonds. The summed E-state index contributed by atoms with van der Waals surface area (Å²) in [5.74, 6) is -0.946. The molecular weight excluding hydrogens is 675 g/mol. The standard InChI is InChI=1S/C47H87NO6/c1-5-9-11-13-15-17-19-21-23-25-27-29-31-33-35-38-45(49)52-42-44(54-47(51)40-37-41-48(7-3)8-4)43-53-46(50)39-36-34-32-30-28-26-24-22-20-18-16-14-12-10-6-2/h21-24,44H,5-20,25-43H2,1-4H3/b23-21-,24-22-. The van der Waals surface area contributed by atoms with Gasteiger partial charge < -0.3 is 19.1 Å². The van der Waals surface area contributed by atoms with E-state index < -0.39 is 6.10 Å². The number of hydrogen-bond acceptors (Lipinski definition) is 7. The van der Waals surface area contributed by atoms with Crippen LogP contribution in [0.5, 0.6) is 0 Å². The van der Waals surface area contributed by atoms with E-state index in [2.05, 4.69) is 56.9 Å². The van der Waals surface area contributed by atoms with Gasteiger partial charge in [0.05, 0.1) is 0 Å². The maximum absolute atomic E-state index is 12.6. The van der Waals surface area contributed by atoms with E-state index in [4.69, 9.17) is 14.2 Å². The average molecular weight is 762 g/mol. The Bertz CT molecular complexity index is 843. The molecule has 316 valence electrons. The molecule has 7 heteroatoms. The van der Waals surface area contributed by atoms with Crippen LogP contribution in [0.2, 0.25) is 0 Å². The summed E-state index contributed by atoms with van der Waals surface area (Å²) < 4.78 is 16.6. The largest absolute Gasteiger partial charge is 0.462 e. The molecule has 0 radical (unpaired) electrons. The van der Waals surface area contributed by atoms with Gasteiger partial charge in [-0.05, 0) is 90.3 Å². The van der Waals surface area contributed by atoms with Crippen LogP contribution < -0.4 is 0 Å². The Morgan fingerprint density at radius 3 is 1.13 bits per heavy atom.